The van der Waals surface area contributed by atoms with E-state index < -0.39 is 0 Å². The normalized spacial score (nSPS) is 17.6. The molecule has 0 bridgehead atoms. The summed E-state index contributed by atoms with van der Waals surface area (Å²) >= 11 is 0. The van der Waals surface area contributed by atoms with E-state index in [1.165, 1.54) is 22.8 Å². The Bertz CT molecular complexity index is 1140. The third-order valence-corrected chi connectivity index (χ3v) is 6.30. The van der Waals surface area contributed by atoms with Crippen molar-refractivity contribution in [2.75, 3.05) is 13.1 Å². The van der Waals surface area contributed by atoms with E-state index in [0.717, 1.165) is 43.7 Å². The third-order valence-electron chi connectivity index (χ3n) is 6.30. The van der Waals surface area contributed by atoms with Crippen molar-refractivity contribution in [1.82, 2.24) is 14.9 Å². The average Bonchev–Trinajstić information content (AvgIpc) is 3.08. The van der Waals surface area contributed by atoms with Crippen LogP contribution in [0, 0.1) is 6.92 Å². The second-order valence-corrected chi connectivity index (χ2v) is 8.29. The lowest BCUT2D eigenvalue weighted by molar-refractivity contribution is 0.177. The average molecular weight is 383 g/mol. The van der Waals surface area contributed by atoms with Gasteiger partial charge >= 0.3 is 0 Å². The lowest BCUT2D eigenvalue weighted by Crippen LogP contribution is -2.40. The van der Waals surface area contributed by atoms with Crippen molar-refractivity contribution in [3.63, 3.8) is 0 Å². The van der Waals surface area contributed by atoms with Gasteiger partial charge < -0.3 is 4.98 Å². The molecule has 1 aliphatic carbocycles. The fraction of sp³-hybridized carbons (Fsp3) is 0.280. The minimum absolute atomic E-state index is 0.107. The predicted octanol–water partition coefficient (Wildman–Crippen LogP) is 4.31. The SMILES string of the molecule is Cc1cc(=O)[nH]c(-c2cccc(CN3CCC4(C=Cc5ccccc54)CC3)c2)n1. The van der Waals surface area contributed by atoms with E-state index in [9.17, 15) is 4.79 Å². The number of likely N-dealkylation sites (tertiary alicyclic amines) is 1. The van der Waals surface area contributed by atoms with Crippen LogP contribution in [0.15, 0.2) is 65.5 Å². The highest BCUT2D eigenvalue weighted by atomic mass is 16.1. The van der Waals surface area contributed by atoms with E-state index in [-0.39, 0.29) is 11.0 Å². The lowest BCUT2D eigenvalue weighted by Gasteiger charge is -2.39. The quantitative estimate of drug-likeness (QED) is 0.733. The smallest absolute Gasteiger partial charge is 0.251 e. The summed E-state index contributed by atoms with van der Waals surface area (Å²) in [4.78, 5) is 21.7. The summed E-state index contributed by atoms with van der Waals surface area (Å²) in [5.41, 5.74) is 5.95. The largest absolute Gasteiger partial charge is 0.307 e. The molecule has 2 aromatic carbocycles. The molecule has 4 heteroatoms. The van der Waals surface area contributed by atoms with Gasteiger partial charge in [-0.15, -0.1) is 0 Å². The zero-order valence-corrected chi connectivity index (χ0v) is 16.7. The standard InChI is InChI=1S/C25H25N3O/c1-18-15-23(29)27-24(26-18)21-7-4-5-19(16-21)17-28-13-11-25(12-14-28)10-9-20-6-2-3-8-22(20)25/h2-10,15-16H,11-14,17H2,1H3,(H,26,27,29). The number of piperidine rings is 1. The van der Waals surface area contributed by atoms with Crippen LogP contribution in [0.25, 0.3) is 17.5 Å². The summed E-state index contributed by atoms with van der Waals surface area (Å²) in [5.74, 6) is 0.641. The van der Waals surface area contributed by atoms with Crippen LogP contribution in [0.1, 0.15) is 35.2 Å². The molecule has 0 amide bonds. The molecular formula is C25H25N3O. The van der Waals surface area contributed by atoms with Crippen molar-refractivity contribution in [2.24, 2.45) is 0 Å². The molecule has 29 heavy (non-hydrogen) atoms. The molecule has 2 heterocycles. The minimum atomic E-state index is -0.107. The molecule has 2 aliphatic rings. The Morgan fingerprint density at radius 1 is 1.07 bits per heavy atom. The van der Waals surface area contributed by atoms with Crippen molar-refractivity contribution in [3.8, 4) is 11.4 Å². The van der Waals surface area contributed by atoms with E-state index in [4.69, 9.17) is 0 Å². The maximum absolute atomic E-state index is 11.8. The zero-order valence-electron chi connectivity index (χ0n) is 16.7. The second-order valence-electron chi connectivity index (χ2n) is 8.29. The molecule has 1 spiro atoms. The van der Waals surface area contributed by atoms with Crippen molar-refractivity contribution >= 4 is 6.08 Å². The van der Waals surface area contributed by atoms with Gasteiger partial charge in [0, 0.05) is 29.3 Å². The topological polar surface area (TPSA) is 49.0 Å². The van der Waals surface area contributed by atoms with Crippen molar-refractivity contribution in [2.45, 2.75) is 31.7 Å². The van der Waals surface area contributed by atoms with Gasteiger partial charge in [-0.3, -0.25) is 9.69 Å². The summed E-state index contributed by atoms with van der Waals surface area (Å²) in [6.45, 7) is 4.94. The molecule has 0 saturated carbocycles. The number of benzene rings is 2. The fourth-order valence-electron chi connectivity index (χ4n) is 4.77. The summed E-state index contributed by atoms with van der Waals surface area (Å²) in [6.07, 6.45) is 7.04. The van der Waals surface area contributed by atoms with Crippen molar-refractivity contribution in [3.05, 3.63) is 93.4 Å². The van der Waals surface area contributed by atoms with E-state index in [2.05, 4.69) is 63.4 Å². The lowest BCUT2D eigenvalue weighted by atomic mass is 9.74. The van der Waals surface area contributed by atoms with E-state index in [0.29, 0.717) is 5.82 Å². The van der Waals surface area contributed by atoms with Crippen LogP contribution in [0.4, 0.5) is 0 Å². The number of aromatic nitrogens is 2. The maximum Gasteiger partial charge on any atom is 0.251 e. The molecule has 4 nitrogen and oxygen atoms in total. The van der Waals surface area contributed by atoms with Gasteiger partial charge in [-0.25, -0.2) is 4.98 Å². The highest BCUT2D eigenvalue weighted by molar-refractivity contribution is 5.65. The van der Waals surface area contributed by atoms with Crippen LogP contribution in [0.5, 0.6) is 0 Å². The van der Waals surface area contributed by atoms with Crippen molar-refractivity contribution in [1.29, 1.82) is 0 Å². The van der Waals surface area contributed by atoms with Gasteiger partial charge in [-0.05, 0) is 55.6 Å². The van der Waals surface area contributed by atoms with Gasteiger partial charge in [0.2, 0.25) is 0 Å². The number of nitrogens with one attached hydrogen (secondary N) is 1. The highest BCUT2D eigenvalue weighted by Crippen LogP contribution is 2.43. The van der Waals surface area contributed by atoms with Crippen LogP contribution in [0.3, 0.4) is 0 Å². The van der Waals surface area contributed by atoms with Crippen LogP contribution in [-0.4, -0.2) is 28.0 Å². The van der Waals surface area contributed by atoms with Crippen LogP contribution in [-0.2, 0) is 12.0 Å². The molecule has 1 fully saturated rings. The van der Waals surface area contributed by atoms with E-state index in [1.54, 1.807) is 0 Å². The van der Waals surface area contributed by atoms with Crippen LogP contribution in [0.2, 0.25) is 0 Å². The van der Waals surface area contributed by atoms with Gasteiger partial charge in [0.15, 0.2) is 0 Å². The first-order chi connectivity index (χ1) is 14.1. The molecule has 3 aromatic rings. The van der Waals surface area contributed by atoms with Gasteiger partial charge in [-0.2, -0.15) is 0 Å². The van der Waals surface area contributed by atoms with E-state index >= 15 is 0 Å². The number of aryl methyl sites for hydroxylation is 1. The zero-order chi connectivity index (χ0) is 19.8. The Morgan fingerprint density at radius 2 is 1.90 bits per heavy atom. The van der Waals surface area contributed by atoms with Gasteiger partial charge in [0.1, 0.15) is 5.82 Å². The van der Waals surface area contributed by atoms with Gasteiger partial charge in [-0.1, -0.05) is 54.6 Å². The Labute approximate surface area is 170 Å². The highest BCUT2D eigenvalue weighted by Gasteiger charge is 2.37. The number of nitrogens with zero attached hydrogens (tertiary/aromatic N) is 2. The molecule has 1 N–H and O–H groups in total. The molecule has 1 saturated heterocycles. The number of aromatic amines is 1. The second kappa shape index (κ2) is 7.12. The number of H-pyrrole nitrogens is 1. The van der Waals surface area contributed by atoms with Crippen LogP contribution >= 0.6 is 0 Å². The van der Waals surface area contributed by atoms with Crippen molar-refractivity contribution < 1.29 is 0 Å². The Kier molecular flexibility index (Phi) is 4.44. The minimum Gasteiger partial charge on any atom is -0.307 e. The molecule has 1 aromatic heterocycles. The number of fused-ring (bicyclic) bond motifs is 2. The number of hydrogen-bond acceptors (Lipinski definition) is 3. The molecule has 146 valence electrons. The molecule has 0 atom stereocenters. The molecule has 5 rings (SSSR count). The molecule has 0 unspecified atom stereocenters. The van der Waals surface area contributed by atoms with Gasteiger partial charge in [0.05, 0.1) is 0 Å². The molecular weight excluding hydrogens is 358 g/mol. The first-order valence-corrected chi connectivity index (χ1v) is 10.3. The fourth-order valence-corrected chi connectivity index (χ4v) is 4.77. The molecule has 1 aliphatic heterocycles. The Morgan fingerprint density at radius 3 is 2.72 bits per heavy atom. The summed E-state index contributed by atoms with van der Waals surface area (Å²) in [5, 5.41) is 0. The predicted molar refractivity (Wildman–Crippen MR) is 117 cm³/mol. The Hall–Kier alpha value is -2.98. The first kappa shape index (κ1) is 18.1. The van der Waals surface area contributed by atoms with Crippen LogP contribution < -0.4 is 5.56 Å². The maximum atomic E-state index is 11.8. The summed E-state index contributed by atoms with van der Waals surface area (Å²) in [6, 6.07) is 18.7. The third kappa shape index (κ3) is 3.45. The molecule has 0 radical (unpaired) electrons. The number of allylic oxidation sites excluding steroid dienone is 1. The van der Waals surface area contributed by atoms with Gasteiger partial charge in [0.25, 0.3) is 5.56 Å². The monoisotopic (exact) mass is 383 g/mol. The summed E-state index contributed by atoms with van der Waals surface area (Å²) < 4.78 is 0. The summed E-state index contributed by atoms with van der Waals surface area (Å²) in [7, 11) is 0. The number of hydrogen-bond donors (Lipinski definition) is 1. The first-order valence-electron chi connectivity index (χ1n) is 10.3. The Balaban J connectivity index is 1.30. The van der Waals surface area contributed by atoms with E-state index in [1.807, 2.05) is 19.1 Å². The number of rotatable bonds is 3.